The van der Waals surface area contributed by atoms with Crippen LogP contribution in [0.1, 0.15) is 6.42 Å². The number of halogens is 2. The summed E-state index contributed by atoms with van der Waals surface area (Å²) < 4.78 is 24.7. The highest BCUT2D eigenvalue weighted by Gasteiger charge is 2.32. The molecule has 1 aliphatic rings. The largest absolute Gasteiger partial charge is 0.343 e. The Hall–Kier alpha value is -0.890. The van der Waals surface area contributed by atoms with Crippen molar-refractivity contribution in [2.75, 3.05) is 5.75 Å². The lowest BCUT2D eigenvalue weighted by atomic mass is 10.2. The van der Waals surface area contributed by atoms with Gasteiger partial charge in [0.1, 0.15) is 6.04 Å². The lowest BCUT2D eigenvalue weighted by molar-refractivity contribution is -0.128. The minimum absolute atomic E-state index is 0.101. The number of alkyl halides is 2. The van der Waals surface area contributed by atoms with E-state index in [0.717, 1.165) is 11.8 Å². The van der Waals surface area contributed by atoms with Gasteiger partial charge in [-0.3, -0.25) is 15.0 Å². The number of carbonyl (C=O) groups excluding carboxylic acids is 2. The van der Waals surface area contributed by atoms with E-state index >= 15 is 0 Å². The molecule has 0 aromatic heterocycles. The Bertz CT molecular complexity index is 265. The summed E-state index contributed by atoms with van der Waals surface area (Å²) in [5, 5.41) is 1.27. The SMILES string of the molecule is NNC(=O)[C@H]1CS[C@H](C(F)F)CC(=O)N1. The molecule has 1 rings (SSSR count). The summed E-state index contributed by atoms with van der Waals surface area (Å²) >= 11 is 0.898. The van der Waals surface area contributed by atoms with Gasteiger partial charge in [-0.2, -0.15) is 0 Å². The number of hydrogen-bond acceptors (Lipinski definition) is 4. The fourth-order valence-electron chi connectivity index (χ4n) is 1.16. The van der Waals surface area contributed by atoms with Crippen LogP contribution in [0.3, 0.4) is 0 Å². The maximum absolute atomic E-state index is 12.4. The lowest BCUT2D eigenvalue weighted by Gasteiger charge is -2.12. The standard InChI is InChI=1S/C7H11F2N3O2S/c8-6(9)4-1-5(13)11-3(2-15-4)7(14)12-10/h3-4,6H,1-2,10H2,(H,11,13)(H,12,14)/t3-,4+/m1/s1. The van der Waals surface area contributed by atoms with Crippen LogP contribution in [0.4, 0.5) is 8.78 Å². The van der Waals surface area contributed by atoms with Gasteiger partial charge in [0, 0.05) is 12.2 Å². The molecule has 2 amide bonds. The van der Waals surface area contributed by atoms with Crippen LogP contribution in [0.5, 0.6) is 0 Å². The second-order valence-corrected chi connectivity index (χ2v) is 4.31. The molecule has 0 aromatic rings. The number of carbonyl (C=O) groups is 2. The third-order valence-corrected chi connectivity index (χ3v) is 3.26. The highest BCUT2D eigenvalue weighted by Crippen LogP contribution is 2.24. The van der Waals surface area contributed by atoms with Crippen LogP contribution < -0.4 is 16.6 Å². The zero-order valence-corrected chi connectivity index (χ0v) is 8.52. The molecule has 0 saturated carbocycles. The van der Waals surface area contributed by atoms with Gasteiger partial charge in [-0.05, 0) is 0 Å². The first-order valence-corrected chi connectivity index (χ1v) is 5.29. The van der Waals surface area contributed by atoms with E-state index in [-0.39, 0.29) is 12.2 Å². The van der Waals surface area contributed by atoms with Crippen molar-refractivity contribution in [3.63, 3.8) is 0 Å². The molecule has 4 N–H and O–H groups in total. The normalized spacial score (nSPS) is 27.1. The zero-order chi connectivity index (χ0) is 11.4. The van der Waals surface area contributed by atoms with Gasteiger partial charge in [0.25, 0.3) is 12.3 Å². The van der Waals surface area contributed by atoms with Crippen molar-refractivity contribution in [3.8, 4) is 0 Å². The third kappa shape index (κ3) is 3.31. The summed E-state index contributed by atoms with van der Waals surface area (Å²) in [5.74, 6) is 3.85. The minimum atomic E-state index is -2.57. The highest BCUT2D eigenvalue weighted by molar-refractivity contribution is 8.00. The maximum Gasteiger partial charge on any atom is 0.257 e. The fraction of sp³-hybridized carbons (Fsp3) is 0.714. The predicted octanol–water partition coefficient (Wildman–Crippen LogP) is -0.768. The van der Waals surface area contributed by atoms with Crippen molar-refractivity contribution in [3.05, 3.63) is 0 Å². The third-order valence-electron chi connectivity index (χ3n) is 1.94. The molecule has 86 valence electrons. The van der Waals surface area contributed by atoms with Gasteiger partial charge in [0.2, 0.25) is 5.91 Å². The molecule has 5 nitrogen and oxygen atoms in total. The second kappa shape index (κ2) is 5.26. The van der Waals surface area contributed by atoms with Crippen molar-refractivity contribution < 1.29 is 18.4 Å². The molecule has 0 bridgehead atoms. The number of thioether (sulfide) groups is 1. The number of amides is 2. The van der Waals surface area contributed by atoms with Crippen LogP contribution in [0, 0.1) is 0 Å². The topological polar surface area (TPSA) is 84.2 Å². The average molecular weight is 239 g/mol. The van der Waals surface area contributed by atoms with Crippen molar-refractivity contribution in [2.45, 2.75) is 24.1 Å². The van der Waals surface area contributed by atoms with E-state index in [1.807, 2.05) is 5.43 Å². The van der Waals surface area contributed by atoms with Gasteiger partial charge in [0.15, 0.2) is 0 Å². The van der Waals surface area contributed by atoms with Crippen molar-refractivity contribution in [2.24, 2.45) is 5.84 Å². The zero-order valence-electron chi connectivity index (χ0n) is 7.70. The van der Waals surface area contributed by atoms with Gasteiger partial charge in [0.05, 0.1) is 5.25 Å². The first kappa shape index (κ1) is 12.2. The number of nitrogens with two attached hydrogens (primary N) is 1. The van der Waals surface area contributed by atoms with Crippen LogP contribution >= 0.6 is 11.8 Å². The van der Waals surface area contributed by atoms with Crippen LogP contribution in [0.15, 0.2) is 0 Å². The smallest absolute Gasteiger partial charge is 0.257 e. The Balaban J connectivity index is 2.62. The number of hydrogen-bond donors (Lipinski definition) is 3. The molecule has 0 radical (unpaired) electrons. The summed E-state index contributed by atoms with van der Waals surface area (Å²) in [6.45, 7) is 0. The van der Waals surface area contributed by atoms with Gasteiger partial charge >= 0.3 is 0 Å². The number of nitrogens with one attached hydrogen (secondary N) is 2. The number of rotatable bonds is 2. The van der Waals surface area contributed by atoms with Gasteiger partial charge in [-0.15, -0.1) is 11.8 Å². The highest BCUT2D eigenvalue weighted by atomic mass is 32.2. The van der Waals surface area contributed by atoms with Crippen LogP contribution in [-0.4, -0.2) is 35.3 Å². The van der Waals surface area contributed by atoms with Crippen molar-refractivity contribution >= 4 is 23.6 Å². The van der Waals surface area contributed by atoms with Gasteiger partial charge in [-0.1, -0.05) is 0 Å². The van der Waals surface area contributed by atoms with E-state index in [0.29, 0.717) is 0 Å². The Morgan fingerprint density at radius 1 is 1.67 bits per heavy atom. The lowest BCUT2D eigenvalue weighted by Crippen LogP contribution is -2.49. The molecule has 1 aliphatic heterocycles. The summed E-state index contributed by atoms with van der Waals surface area (Å²) in [6.07, 6.45) is -2.85. The van der Waals surface area contributed by atoms with Crippen molar-refractivity contribution in [1.29, 1.82) is 0 Å². The minimum Gasteiger partial charge on any atom is -0.343 e. The van der Waals surface area contributed by atoms with Crippen molar-refractivity contribution in [1.82, 2.24) is 10.7 Å². The fourth-order valence-corrected chi connectivity index (χ4v) is 2.25. The molecular formula is C7H11F2N3O2S. The first-order valence-electron chi connectivity index (χ1n) is 4.24. The van der Waals surface area contributed by atoms with Crippen LogP contribution in [0.2, 0.25) is 0 Å². The van der Waals surface area contributed by atoms with E-state index in [9.17, 15) is 18.4 Å². The predicted molar refractivity (Wildman–Crippen MR) is 51.1 cm³/mol. The summed E-state index contributed by atoms with van der Waals surface area (Å²) in [4.78, 5) is 22.2. The molecule has 1 saturated heterocycles. The molecule has 15 heavy (non-hydrogen) atoms. The quantitative estimate of drug-likeness (QED) is 0.336. The van der Waals surface area contributed by atoms with E-state index in [4.69, 9.17) is 5.84 Å². The molecular weight excluding hydrogens is 228 g/mol. The molecule has 0 aliphatic carbocycles. The van der Waals surface area contributed by atoms with E-state index < -0.39 is 29.5 Å². The average Bonchev–Trinajstić information content (AvgIpc) is 2.38. The molecule has 0 spiro atoms. The van der Waals surface area contributed by atoms with Gasteiger partial charge in [-0.25, -0.2) is 14.6 Å². The Labute approximate surface area is 89.1 Å². The summed E-state index contributed by atoms with van der Waals surface area (Å²) in [7, 11) is 0. The molecule has 1 heterocycles. The molecule has 2 atom stereocenters. The van der Waals surface area contributed by atoms with Crippen LogP contribution in [-0.2, 0) is 9.59 Å². The molecule has 1 fully saturated rings. The second-order valence-electron chi connectivity index (χ2n) is 3.04. The Morgan fingerprint density at radius 2 is 2.33 bits per heavy atom. The first-order chi connectivity index (χ1) is 7.04. The summed E-state index contributed by atoms with van der Waals surface area (Å²) in [6, 6.07) is -0.837. The molecule has 0 aromatic carbocycles. The van der Waals surface area contributed by atoms with E-state index in [1.54, 1.807) is 0 Å². The maximum atomic E-state index is 12.4. The van der Waals surface area contributed by atoms with Gasteiger partial charge < -0.3 is 5.32 Å². The van der Waals surface area contributed by atoms with E-state index in [1.165, 1.54) is 0 Å². The van der Waals surface area contributed by atoms with E-state index in [2.05, 4.69) is 5.32 Å². The number of hydrazine groups is 1. The Kier molecular flexibility index (Phi) is 4.28. The Morgan fingerprint density at radius 3 is 2.87 bits per heavy atom. The van der Waals surface area contributed by atoms with Crippen LogP contribution in [0.25, 0.3) is 0 Å². The molecule has 8 heteroatoms. The monoisotopic (exact) mass is 239 g/mol. The summed E-state index contributed by atoms with van der Waals surface area (Å²) in [5.41, 5.74) is 1.87. The molecule has 0 unspecified atom stereocenters.